The summed E-state index contributed by atoms with van der Waals surface area (Å²) in [5.74, 6) is 0.667. The average Bonchev–Trinajstić information content (AvgIpc) is 2.88. The van der Waals surface area contributed by atoms with E-state index in [0.29, 0.717) is 15.8 Å². The summed E-state index contributed by atoms with van der Waals surface area (Å²) in [6, 6.07) is 4.04. The fraction of sp³-hybridized carbons (Fsp3) is 0.500. The molecule has 6 heteroatoms. The Morgan fingerprint density at radius 3 is 2.50 bits per heavy atom. The van der Waals surface area contributed by atoms with Crippen LogP contribution < -0.4 is 4.72 Å². The van der Waals surface area contributed by atoms with E-state index in [2.05, 4.69) is 28.9 Å². The summed E-state index contributed by atoms with van der Waals surface area (Å²) >= 11 is 5.14. The highest BCUT2D eigenvalue weighted by Crippen LogP contribution is 2.33. The van der Waals surface area contributed by atoms with Crippen molar-refractivity contribution in [3.63, 3.8) is 0 Å². The van der Waals surface area contributed by atoms with Crippen molar-refractivity contribution >= 4 is 34.2 Å². The van der Waals surface area contributed by atoms with E-state index in [1.54, 1.807) is 4.68 Å². The number of aryl methyl sites for hydroxylation is 3. The quantitative estimate of drug-likeness (QED) is 0.594. The molecule has 28 heavy (non-hydrogen) atoms. The van der Waals surface area contributed by atoms with Gasteiger partial charge in [-0.05, 0) is 69.7 Å². The molecule has 2 aromatic rings. The maximum Gasteiger partial charge on any atom is 0.201 e. The topological polar surface area (TPSA) is 52.9 Å². The number of rotatable bonds is 5. The number of allylic oxidation sites excluding steroid dienone is 2. The minimum absolute atomic E-state index is 0.538. The summed E-state index contributed by atoms with van der Waals surface area (Å²) in [6.07, 6.45) is 8.95. The van der Waals surface area contributed by atoms with Crippen LogP contribution in [0.5, 0.6) is 0 Å². The van der Waals surface area contributed by atoms with Crippen LogP contribution in [-0.4, -0.2) is 14.3 Å². The lowest BCUT2D eigenvalue weighted by molar-refractivity contribution is 0.420. The highest BCUT2D eigenvalue weighted by Gasteiger charge is 2.24. The smallest absolute Gasteiger partial charge is 0.201 e. The molecule has 1 atom stereocenters. The van der Waals surface area contributed by atoms with Crippen LogP contribution in [0, 0.1) is 26.7 Å². The maximum absolute atomic E-state index is 13.0. The van der Waals surface area contributed by atoms with Gasteiger partial charge in [0.2, 0.25) is 4.90 Å². The van der Waals surface area contributed by atoms with Crippen molar-refractivity contribution in [2.45, 2.75) is 64.7 Å². The molecular weight excluding hydrogens is 390 g/mol. The van der Waals surface area contributed by atoms with Gasteiger partial charge in [-0.2, -0.15) is 9.82 Å². The third-order valence-electron chi connectivity index (χ3n) is 5.71. The monoisotopic (exact) mass is 419 g/mol. The molecule has 1 unspecified atom stereocenters. The Balaban J connectivity index is 1.84. The lowest BCUT2D eigenvalue weighted by Gasteiger charge is -2.20. The zero-order valence-electron chi connectivity index (χ0n) is 17.4. The van der Waals surface area contributed by atoms with Crippen molar-refractivity contribution in [3.8, 4) is 0 Å². The molecule has 1 saturated carbocycles. The molecular formula is C22H30ClN3OS. The fourth-order valence-corrected chi connectivity index (χ4v) is 5.66. The first-order valence-corrected chi connectivity index (χ1v) is 11.5. The van der Waals surface area contributed by atoms with Crippen molar-refractivity contribution in [1.29, 1.82) is 0 Å². The Morgan fingerprint density at radius 2 is 1.93 bits per heavy atom. The third kappa shape index (κ3) is 4.58. The number of hydrogen-bond donors (Lipinski definition) is 1. The first-order valence-electron chi connectivity index (χ1n) is 9.95. The van der Waals surface area contributed by atoms with E-state index in [4.69, 9.17) is 11.6 Å². The van der Waals surface area contributed by atoms with E-state index in [0.717, 1.165) is 28.2 Å². The van der Waals surface area contributed by atoms with Gasteiger partial charge in [-0.15, -0.1) is 0 Å². The van der Waals surface area contributed by atoms with E-state index in [9.17, 15) is 4.55 Å². The lowest BCUT2D eigenvalue weighted by Crippen LogP contribution is -2.16. The molecule has 1 aromatic carbocycles. The molecule has 0 bridgehead atoms. The zero-order valence-corrected chi connectivity index (χ0v) is 19.0. The summed E-state index contributed by atoms with van der Waals surface area (Å²) in [6.45, 7) is 7.98. The molecule has 0 amide bonds. The van der Waals surface area contributed by atoms with Crippen LogP contribution in [-0.2, 0) is 18.4 Å². The normalized spacial score (nSPS) is 17.0. The maximum atomic E-state index is 13.0. The van der Waals surface area contributed by atoms with Crippen LogP contribution in [0.3, 0.4) is 0 Å². The second kappa shape index (κ2) is 8.93. The number of anilines is 1. The third-order valence-corrected chi connectivity index (χ3v) is 7.42. The SMILES string of the molecule is C/C(=C\C1CCCCC1)c1cc(C)c([S+]([O-])Nc2c(C)nn(C)c2C)c(Cl)c1. The van der Waals surface area contributed by atoms with Gasteiger partial charge in [-0.1, -0.05) is 36.9 Å². The minimum atomic E-state index is -1.45. The number of aromatic nitrogens is 2. The van der Waals surface area contributed by atoms with Crippen LogP contribution >= 0.6 is 11.6 Å². The van der Waals surface area contributed by atoms with Gasteiger partial charge in [0.1, 0.15) is 17.0 Å². The van der Waals surface area contributed by atoms with Crippen LogP contribution in [0.1, 0.15) is 61.5 Å². The number of hydrogen-bond acceptors (Lipinski definition) is 3. The molecule has 3 rings (SSSR count). The minimum Gasteiger partial charge on any atom is -0.588 e. The number of nitrogens with zero attached hydrogens (tertiary/aromatic N) is 2. The molecule has 0 aliphatic heterocycles. The Labute approximate surface area is 176 Å². The van der Waals surface area contributed by atoms with Gasteiger partial charge in [0.05, 0.1) is 16.4 Å². The van der Waals surface area contributed by atoms with E-state index in [-0.39, 0.29) is 0 Å². The Morgan fingerprint density at radius 1 is 1.25 bits per heavy atom. The molecule has 0 radical (unpaired) electrons. The lowest BCUT2D eigenvalue weighted by atomic mass is 9.87. The molecule has 152 valence electrons. The van der Waals surface area contributed by atoms with Crippen molar-refractivity contribution in [3.05, 3.63) is 45.7 Å². The molecule has 1 aliphatic carbocycles. The number of nitrogens with one attached hydrogen (secondary N) is 1. The largest absolute Gasteiger partial charge is 0.588 e. The average molecular weight is 420 g/mol. The van der Waals surface area contributed by atoms with Crippen molar-refractivity contribution in [2.24, 2.45) is 13.0 Å². The van der Waals surface area contributed by atoms with Gasteiger partial charge in [0, 0.05) is 12.6 Å². The van der Waals surface area contributed by atoms with E-state index < -0.39 is 11.4 Å². The van der Waals surface area contributed by atoms with Crippen LogP contribution in [0.2, 0.25) is 5.02 Å². The predicted molar refractivity (Wildman–Crippen MR) is 119 cm³/mol. The molecule has 1 N–H and O–H groups in total. The predicted octanol–water partition coefficient (Wildman–Crippen LogP) is 6.12. The summed E-state index contributed by atoms with van der Waals surface area (Å²) in [5.41, 5.74) is 5.87. The molecule has 1 aliphatic rings. The second-order valence-electron chi connectivity index (χ2n) is 7.89. The summed E-state index contributed by atoms with van der Waals surface area (Å²) in [5, 5.41) is 4.91. The first kappa shape index (κ1) is 21.3. The summed E-state index contributed by atoms with van der Waals surface area (Å²) < 4.78 is 17.9. The Kier molecular flexibility index (Phi) is 6.79. The van der Waals surface area contributed by atoms with Gasteiger partial charge in [0.25, 0.3) is 0 Å². The molecule has 1 fully saturated rings. The Bertz CT molecular complexity index is 861. The van der Waals surface area contributed by atoms with Crippen molar-refractivity contribution < 1.29 is 4.55 Å². The molecule has 0 spiro atoms. The van der Waals surface area contributed by atoms with Crippen LogP contribution in [0.4, 0.5) is 5.69 Å². The molecule has 4 nitrogen and oxygen atoms in total. The van der Waals surface area contributed by atoms with E-state index in [1.165, 1.54) is 37.7 Å². The van der Waals surface area contributed by atoms with Crippen molar-refractivity contribution in [2.75, 3.05) is 4.72 Å². The van der Waals surface area contributed by atoms with E-state index >= 15 is 0 Å². The fourth-order valence-electron chi connectivity index (χ4n) is 4.01. The molecule has 1 heterocycles. The van der Waals surface area contributed by atoms with E-state index in [1.807, 2.05) is 33.9 Å². The highest BCUT2D eigenvalue weighted by atomic mass is 35.5. The highest BCUT2D eigenvalue weighted by molar-refractivity contribution is 7.92. The Hall–Kier alpha value is -1.43. The molecule has 1 aromatic heterocycles. The van der Waals surface area contributed by atoms with Crippen LogP contribution in [0.25, 0.3) is 5.57 Å². The van der Waals surface area contributed by atoms with Crippen LogP contribution in [0.15, 0.2) is 23.1 Å². The van der Waals surface area contributed by atoms with Gasteiger partial charge >= 0.3 is 0 Å². The molecule has 0 saturated heterocycles. The van der Waals surface area contributed by atoms with Gasteiger partial charge in [-0.3, -0.25) is 4.68 Å². The van der Waals surface area contributed by atoms with Gasteiger partial charge in [-0.25, -0.2) is 0 Å². The number of benzene rings is 1. The van der Waals surface area contributed by atoms with Gasteiger partial charge in [0.15, 0.2) is 0 Å². The second-order valence-corrected chi connectivity index (χ2v) is 9.45. The van der Waals surface area contributed by atoms with Crippen molar-refractivity contribution in [1.82, 2.24) is 9.78 Å². The first-order chi connectivity index (χ1) is 13.3. The summed E-state index contributed by atoms with van der Waals surface area (Å²) in [7, 11) is 1.88. The standard InChI is InChI=1S/C22H30ClN3OS/c1-14(11-18-9-7-6-8-10-18)19-12-15(2)22(20(23)13-19)28(27)25-21-16(3)24-26(5)17(21)4/h11-13,18,25H,6-10H2,1-5H3/b14-11+. The number of halogens is 1. The summed E-state index contributed by atoms with van der Waals surface area (Å²) in [4.78, 5) is 0.638. The zero-order chi connectivity index (χ0) is 20.4. The van der Waals surface area contributed by atoms with Gasteiger partial charge < -0.3 is 4.55 Å².